The minimum atomic E-state index is -4.60. The first-order chi connectivity index (χ1) is 8.29. The van der Waals surface area contributed by atoms with E-state index < -0.39 is 24.5 Å². The highest BCUT2D eigenvalue weighted by Gasteiger charge is 2.43. The van der Waals surface area contributed by atoms with Crippen LogP contribution in [0, 0.1) is 11.8 Å². The molecule has 0 aliphatic rings. The summed E-state index contributed by atoms with van der Waals surface area (Å²) in [5.41, 5.74) is 4.95. The van der Waals surface area contributed by atoms with Gasteiger partial charge in [-0.2, -0.15) is 13.2 Å². The maximum Gasteiger partial charge on any atom is 0.401 e. The minimum Gasteiger partial charge on any atom is -0.409 e. The van der Waals surface area contributed by atoms with Crippen LogP contribution in [-0.2, 0) is 9.47 Å². The molecule has 1 unspecified atom stereocenters. The molecule has 1 atom stereocenters. The molecular formula is C10H19F3N2O3. The third-order valence-electron chi connectivity index (χ3n) is 1.98. The van der Waals surface area contributed by atoms with E-state index in [2.05, 4.69) is 5.16 Å². The zero-order valence-electron chi connectivity index (χ0n) is 10.4. The summed E-state index contributed by atoms with van der Waals surface area (Å²) in [4.78, 5) is 0. The first-order valence-electron chi connectivity index (χ1n) is 5.48. The number of amidine groups is 1. The number of oxime groups is 1. The highest BCUT2D eigenvalue weighted by Crippen LogP contribution is 2.26. The number of ether oxygens (including phenoxy) is 2. The lowest BCUT2D eigenvalue weighted by atomic mass is 10.1. The van der Waals surface area contributed by atoms with Crippen LogP contribution in [0.3, 0.4) is 0 Å². The summed E-state index contributed by atoms with van der Waals surface area (Å²) in [5, 5.41) is 10.6. The van der Waals surface area contributed by atoms with Crippen molar-refractivity contribution in [3.8, 4) is 0 Å². The number of halogens is 3. The van der Waals surface area contributed by atoms with Gasteiger partial charge in [0.2, 0.25) is 0 Å². The molecule has 0 aliphatic heterocycles. The minimum absolute atomic E-state index is 0.0258. The Kier molecular flexibility index (Phi) is 7.69. The second kappa shape index (κ2) is 8.15. The van der Waals surface area contributed by atoms with E-state index in [-0.39, 0.29) is 13.2 Å². The van der Waals surface area contributed by atoms with E-state index in [4.69, 9.17) is 20.4 Å². The molecule has 0 bridgehead atoms. The Hall–Kier alpha value is -1.02. The summed E-state index contributed by atoms with van der Waals surface area (Å²) < 4.78 is 47.3. The summed E-state index contributed by atoms with van der Waals surface area (Å²) in [6.45, 7) is 3.98. The van der Waals surface area contributed by atoms with Gasteiger partial charge in [0.1, 0.15) is 5.92 Å². The van der Waals surface area contributed by atoms with Crippen molar-refractivity contribution in [2.75, 3.05) is 26.4 Å². The van der Waals surface area contributed by atoms with E-state index in [0.29, 0.717) is 12.5 Å². The van der Waals surface area contributed by atoms with Crippen molar-refractivity contribution >= 4 is 5.84 Å². The summed E-state index contributed by atoms with van der Waals surface area (Å²) in [6.07, 6.45) is -4.60. The zero-order valence-corrected chi connectivity index (χ0v) is 10.4. The SMILES string of the molecule is CC(C)COCCOCC(C(N)=NO)C(F)(F)F. The quantitative estimate of drug-likeness (QED) is 0.231. The largest absolute Gasteiger partial charge is 0.409 e. The van der Waals surface area contributed by atoms with Gasteiger partial charge in [-0.3, -0.25) is 0 Å². The molecule has 0 radical (unpaired) electrons. The summed E-state index contributed by atoms with van der Waals surface area (Å²) in [6, 6.07) is 0. The van der Waals surface area contributed by atoms with Gasteiger partial charge in [0.15, 0.2) is 5.84 Å². The lowest BCUT2D eigenvalue weighted by Crippen LogP contribution is -2.39. The van der Waals surface area contributed by atoms with Crippen molar-refractivity contribution in [2.24, 2.45) is 22.7 Å². The predicted octanol–water partition coefficient (Wildman–Crippen LogP) is 1.60. The average Bonchev–Trinajstić information content (AvgIpc) is 2.25. The molecule has 108 valence electrons. The Balaban J connectivity index is 3.93. The maximum absolute atomic E-state index is 12.5. The van der Waals surface area contributed by atoms with Crippen LogP contribution in [-0.4, -0.2) is 43.6 Å². The molecule has 0 spiro atoms. The molecule has 5 nitrogen and oxygen atoms in total. The van der Waals surface area contributed by atoms with Crippen LogP contribution in [0.4, 0.5) is 13.2 Å². The summed E-state index contributed by atoms with van der Waals surface area (Å²) >= 11 is 0. The third-order valence-corrected chi connectivity index (χ3v) is 1.98. The van der Waals surface area contributed by atoms with Gasteiger partial charge < -0.3 is 20.4 Å². The number of nitrogens with two attached hydrogens (primary N) is 1. The van der Waals surface area contributed by atoms with Gasteiger partial charge in [0, 0.05) is 6.61 Å². The van der Waals surface area contributed by atoms with E-state index in [1.165, 1.54) is 0 Å². The van der Waals surface area contributed by atoms with Crippen molar-refractivity contribution in [1.29, 1.82) is 0 Å². The highest BCUT2D eigenvalue weighted by molar-refractivity contribution is 5.83. The number of alkyl halides is 3. The van der Waals surface area contributed by atoms with Gasteiger partial charge in [-0.05, 0) is 5.92 Å². The Labute approximate surface area is 104 Å². The van der Waals surface area contributed by atoms with Gasteiger partial charge in [0.25, 0.3) is 0 Å². The molecule has 0 saturated carbocycles. The Morgan fingerprint density at radius 1 is 1.22 bits per heavy atom. The molecule has 0 aromatic carbocycles. The standard InChI is InChI=1S/C10H19F3N2O3/c1-7(2)5-17-3-4-18-6-8(9(14)15-16)10(11,12)13/h7-8,16H,3-6H2,1-2H3,(H2,14,15). The van der Waals surface area contributed by atoms with E-state index >= 15 is 0 Å². The van der Waals surface area contributed by atoms with Crippen LogP contribution in [0.5, 0.6) is 0 Å². The van der Waals surface area contributed by atoms with Gasteiger partial charge in [-0.1, -0.05) is 19.0 Å². The van der Waals surface area contributed by atoms with Gasteiger partial charge in [-0.25, -0.2) is 0 Å². The molecular weight excluding hydrogens is 253 g/mol. The number of rotatable bonds is 8. The van der Waals surface area contributed by atoms with Crippen LogP contribution in [0.2, 0.25) is 0 Å². The first kappa shape index (κ1) is 17.0. The first-order valence-corrected chi connectivity index (χ1v) is 5.48. The highest BCUT2D eigenvalue weighted by atomic mass is 19.4. The molecule has 0 aromatic rings. The van der Waals surface area contributed by atoms with Crippen LogP contribution >= 0.6 is 0 Å². The van der Waals surface area contributed by atoms with Crippen molar-refractivity contribution in [1.82, 2.24) is 0 Å². The monoisotopic (exact) mass is 272 g/mol. The molecule has 0 amide bonds. The number of nitrogens with zero attached hydrogens (tertiary/aromatic N) is 1. The molecule has 0 rings (SSSR count). The molecule has 3 N–H and O–H groups in total. The molecule has 0 fully saturated rings. The molecule has 18 heavy (non-hydrogen) atoms. The van der Waals surface area contributed by atoms with Crippen molar-refractivity contribution in [3.63, 3.8) is 0 Å². The predicted molar refractivity (Wildman–Crippen MR) is 59.4 cm³/mol. The maximum atomic E-state index is 12.5. The lowest BCUT2D eigenvalue weighted by Gasteiger charge is -2.18. The number of hydrogen-bond donors (Lipinski definition) is 2. The van der Waals surface area contributed by atoms with Crippen LogP contribution in [0.25, 0.3) is 0 Å². The Bertz CT molecular complexity index is 257. The third kappa shape index (κ3) is 7.33. The average molecular weight is 272 g/mol. The molecule has 0 heterocycles. The molecule has 0 aromatic heterocycles. The zero-order chi connectivity index (χ0) is 14.2. The Morgan fingerprint density at radius 3 is 2.11 bits per heavy atom. The second-order valence-corrected chi connectivity index (χ2v) is 4.16. The van der Waals surface area contributed by atoms with Crippen LogP contribution in [0.15, 0.2) is 5.16 Å². The van der Waals surface area contributed by atoms with E-state index in [0.717, 1.165) is 0 Å². The second-order valence-electron chi connectivity index (χ2n) is 4.16. The van der Waals surface area contributed by atoms with Crippen molar-refractivity contribution < 1.29 is 27.9 Å². The Morgan fingerprint density at radius 2 is 1.72 bits per heavy atom. The summed E-state index contributed by atoms with van der Waals surface area (Å²) in [5.74, 6) is -2.66. The van der Waals surface area contributed by atoms with Gasteiger partial charge >= 0.3 is 6.18 Å². The number of hydrogen-bond acceptors (Lipinski definition) is 4. The van der Waals surface area contributed by atoms with Crippen molar-refractivity contribution in [3.05, 3.63) is 0 Å². The topological polar surface area (TPSA) is 77.1 Å². The molecule has 0 aliphatic carbocycles. The van der Waals surface area contributed by atoms with E-state index in [1.807, 2.05) is 13.8 Å². The van der Waals surface area contributed by atoms with Crippen molar-refractivity contribution in [2.45, 2.75) is 20.0 Å². The smallest absolute Gasteiger partial charge is 0.401 e. The van der Waals surface area contributed by atoms with E-state index in [9.17, 15) is 13.2 Å². The molecule has 0 saturated heterocycles. The van der Waals surface area contributed by atoms with Crippen LogP contribution in [0.1, 0.15) is 13.8 Å². The summed E-state index contributed by atoms with van der Waals surface area (Å²) in [7, 11) is 0. The van der Waals surface area contributed by atoms with Gasteiger partial charge in [0.05, 0.1) is 19.8 Å². The van der Waals surface area contributed by atoms with Gasteiger partial charge in [-0.15, -0.1) is 0 Å². The van der Waals surface area contributed by atoms with Crippen LogP contribution < -0.4 is 5.73 Å². The fourth-order valence-corrected chi connectivity index (χ4v) is 1.06. The fraction of sp³-hybridized carbons (Fsp3) is 0.900. The molecule has 8 heteroatoms. The normalized spacial score (nSPS) is 15.1. The lowest BCUT2D eigenvalue weighted by molar-refractivity contribution is -0.169. The van der Waals surface area contributed by atoms with E-state index in [1.54, 1.807) is 0 Å². The fourth-order valence-electron chi connectivity index (χ4n) is 1.06.